The Morgan fingerprint density at radius 1 is 0.680 bits per heavy atom. The van der Waals surface area contributed by atoms with Crippen molar-refractivity contribution in [2.24, 2.45) is 0 Å². The van der Waals surface area contributed by atoms with Gasteiger partial charge in [0.25, 0.3) is 0 Å². The van der Waals surface area contributed by atoms with E-state index in [0.29, 0.717) is 11.1 Å². The Bertz CT molecular complexity index is 966. The van der Waals surface area contributed by atoms with E-state index in [-0.39, 0.29) is 38.5 Å². The Labute approximate surface area is 173 Å². The Kier molecular flexibility index (Phi) is 7.15. The fourth-order valence-electron chi connectivity index (χ4n) is 2.07. The van der Waals surface area contributed by atoms with Crippen LogP contribution in [0.15, 0.2) is 66.7 Å². The molecule has 0 N–H and O–H groups in total. The van der Waals surface area contributed by atoms with Gasteiger partial charge in [0, 0.05) is 49.4 Å². The van der Waals surface area contributed by atoms with Gasteiger partial charge in [0.05, 0.1) is 0 Å². The number of rotatable bonds is 0. The Morgan fingerprint density at radius 2 is 1.12 bits per heavy atom. The van der Waals surface area contributed by atoms with Crippen molar-refractivity contribution in [2.45, 2.75) is 6.92 Å². The van der Waals surface area contributed by atoms with Gasteiger partial charge in [0.15, 0.2) is 0 Å². The first-order chi connectivity index (χ1) is 11.7. The second-order valence-corrected chi connectivity index (χ2v) is 5.33. The van der Waals surface area contributed by atoms with Gasteiger partial charge >= 0.3 is 0 Å². The third-order valence-corrected chi connectivity index (χ3v) is 3.48. The maximum atomic E-state index is 13.5. The Balaban J connectivity index is 0.00000225. The minimum absolute atomic E-state index is 0. The summed E-state index contributed by atoms with van der Waals surface area (Å²) in [5.74, 6) is 12.0. The zero-order valence-corrected chi connectivity index (χ0v) is 16.6. The number of benzene rings is 3. The van der Waals surface area contributed by atoms with E-state index in [0.717, 1.165) is 16.7 Å². The van der Waals surface area contributed by atoms with Crippen molar-refractivity contribution in [3.05, 3.63) is 106 Å². The molecule has 0 aliphatic carbocycles. The zero-order chi connectivity index (χ0) is 16.8. The van der Waals surface area contributed by atoms with Crippen LogP contribution < -0.4 is 0 Å². The number of aryl methyl sites for hydroxylation is 1. The molecule has 3 aromatic carbocycles. The molecule has 1 radical (unpaired) electrons. The van der Waals surface area contributed by atoms with Crippen molar-refractivity contribution in [1.82, 2.24) is 0 Å². The molecular formula is C23H14FY-. The second-order valence-electron chi connectivity index (χ2n) is 5.33. The Hall–Kier alpha value is -2.19. The quantitative estimate of drug-likeness (QED) is 0.379. The third kappa shape index (κ3) is 5.68. The van der Waals surface area contributed by atoms with Gasteiger partial charge in [-0.1, -0.05) is 35.3 Å². The molecule has 2 heteroatoms. The van der Waals surface area contributed by atoms with Crippen molar-refractivity contribution in [3.63, 3.8) is 0 Å². The van der Waals surface area contributed by atoms with Crippen LogP contribution in [-0.2, 0) is 32.7 Å². The molecule has 0 aliphatic rings. The minimum Gasteiger partial charge on any atom is -0.207 e. The maximum absolute atomic E-state index is 13.5. The molecule has 0 fully saturated rings. The van der Waals surface area contributed by atoms with Crippen LogP contribution in [0, 0.1) is 42.5 Å². The van der Waals surface area contributed by atoms with Gasteiger partial charge in [0.2, 0.25) is 0 Å². The van der Waals surface area contributed by atoms with Crippen LogP contribution in [0.1, 0.15) is 27.8 Å². The summed E-state index contributed by atoms with van der Waals surface area (Å²) in [7, 11) is 0. The first kappa shape index (κ1) is 19.1. The van der Waals surface area contributed by atoms with Crippen molar-refractivity contribution in [3.8, 4) is 23.7 Å². The smallest absolute Gasteiger partial charge is 0.127 e. The van der Waals surface area contributed by atoms with Crippen molar-refractivity contribution < 1.29 is 37.1 Å². The van der Waals surface area contributed by atoms with E-state index >= 15 is 0 Å². The average Bonchev–Trinajstić information content (AvgIpc) is 2.63. The molecule has 0 amide bonds. The van der Waals surface area contributed by atoms with Gasteiger partial charge in [-0.15, -0.1) is 0 Å². The summed E-state index contributed by atoms with van der Waals surface area (Å²) in [4.78, 5) is 0. The van der Waals surface area contributed by atoms with Crippen molar-refractivity contribution in [1.29, 1.82) is 0 Å². The molecular weight excluding hydrogens is 384 g/mol. The fourth-order valence-corrected chi connectivity index (χ4v) is 2.07. The molecule has 0 nitrogen and oxygen atoms in total. The van der Waals surface area contributed by atoms with Crippen LogP contribution >= 0.6 is 0 Å². The topological polar surface area (TPSA) is 0 Å². The largest absolute Gasteiger partial charge is 0.207 e. The summed E-state index contributed by atoms with van der Waals surface area (Å²) in [6, 6.07) is 23.2. The van der Waals surface area contributed by atoms with Gasteiger partial charge in [-0.2, -0.15) is 30.3 Å². The van der Waals surface area contributed by atoms with E-state index in [1.165, 1.54) is 6.07 Å². The summed E-state index contributed by atoms with van der Waals surface area (Å²) in [5, 5.41) is 0. The van der Waals surface area contributed by atoms with Gasteiger partial charge in [0.1, 0.15) is 5.82 Å². The van der Waals surface area contributed by atoms with Crippen LogP contribution in [-0.4, -0.2) is 0 Å². The number of hydrogen-bond acceptors (Lipinski definition) is 0. The maximum Gasteiger partial charge on any atom is 0.127 e. The zero-order valence-electron chi connectivity index (χ0n) is 13.8. The third-order valence-electron chi connectivity index (χ3n) is 3.48. The van der Waals surface area contributed by atoms with E-state index < -0.39 is 0 Å². The van der Waals surface area contributed by atoms with Crippen LogP contribution in [0.4, 0.5) is 4.39 Å². The number of halogens is 1. The molecule has 3 aromatic rings. The van der Waals surface area contributed by atoms with E-state index in [4.69, 9.17) is 0 Å². The molecule has 117 valence electrons. The van der Waals surface area contributed by atoms with Crippen LogP contribution in [0.3, 0.4) is 0 Å². The van der Waals surface area contributed by atoms with Crippen molar-refractivity contribution in [2.75, 3.05) is 0 Å². The average molecular weight is 398 g/mol. The van der Waals surface area contributed by atoms with Gasteiger partial charge in [-0.3, -0.25) is 0 Å². The van der Waals surface area contributed by atoms with Crippen LogP contribution in [0.25, 0.3) is 0 Å². The first-order valence-corrected chi connectivity index (χ1v) is 7.57. The molecule has 3 rings (SSSR count). The minimum atomic E-state index is -0.231. The molecule has 0 atom stereocenters. The standard InChI is InChI=1S/C23H14F.Y/c1-18-7-8-22(17-23(18)24)16-15-21-13-11-20(12-14-21)10-9-19-5-3-2-4-6-19;/h3-8,11-14,17H,1H3;/q-1;. The molecule has 0 saturated carbocycles. The molecule has 0 spiro atoms. The summed E-state index contributed by atoms with van der Waals surface area (Å²) < 4.78 is 13.5. The molecule has 25 heavy (non-hydrogen) atoms. The summed E-state index contributed by atoms with van der Waals surface area (Å²) in [6.07, 6.45) is 0. The SMILES string of the molecule is Cc1ccc(C#Cc2ccc(C#Cc3cc[c-]cc3)cc2)cc1F.[Y]. The van der Waals surface area contributed by atoms with E-state index in [2.05, 4.69) is 29.7 Å². The van der Waals surface area contributed by atoms with E-state index in [1.807, 2.05) is 54.6 Å². The molecule has 0 aromatic heterocycles. The van der Waals surface area contributed by atoms with E-state index in [9.17, 15) is 4.39 Å². The Morgan fingerprint density at radius 3 is 1.64 bits per heavy atom. The summed E-state index contributed by atoms with van der Waals surface area (Å²) in [6.45, 7) is 1.74. The molecule has 0 unspecified atom stereocenters. The van der Waals surface area contributed by atoms with Crippen LogP contribution in [0.2, 0.25) is 0 Å². The summed E-state index contributed by atoms with van der Waals surface area (Å²) >= 11 is 0. The van der Waals surface area contributed by atoms with Gasteiger partial charge < -0.3 is 0 Å². The first-order valence-electron chi connectivity index (χ1n) is 7.57. The molecule has 0 aliphatic heterocycles. The normalized spacial score (nSPS) is 9.04. The van der Waals surface area contributed by atoms with Crippen molar-refractivity contribution >= 4 is 0 Å². The molecule has 0 heterocycles. The monoisotopic (exact) mass is 398 g/mol. The molecule has 0 bridgehead atoms. The predicted octanol–water partition coefficient (Wildman–Crippen LogP) is 4.73. The van der Waals surface area contributed by atoms with E-state index in [1.54, 1.807) is 13.0 Å². The number of hydrogen-bond donors (Lipinski definition) is 0. The van der Waals surface area contributed by atoms with Gasteiger partial charge in [-0.25, -0.2) is 4.39 Å². The van der Waals surface area contributed by atoms with Gasteiger partial charge in [-0.05, 0) is 48.9 Å². The predicted molar refractivity (Wildman–Crippen MR) is 94.8 cm³/mol. The molecule has 0 saturated heterocycles. The fraction of sp³-hybridized carbons (Fsp3) is 0.0435. The second kappa shape index (κ2) is 9.34. The van der Waals surface area contributed by atoms with Crippen LogP contribution in [0.5, 0.6) is 0 Å². The summed E-state index contributed by atoms with van der Waals surface area (Å²) in [5.41, 5.74) is 4.05.